The number of benzene rings is 1. The number of ether oxygens (including phenoxy) is 1. The van der Waals surface area contributed by atoms with Crippen molar-refractivity contribution in [3.63, 3.8) is 0 Å². The van der Waals surface area contributed by atoms with E-state index in [4.69, 9.17) is 27.1 Å². The highest BCUT2D eigenvalue weighted by molar-refractivity contribution is 6.31. The van der Waals surface area contributed by atoms with Crippen LogP contribution in [0, 0.1) is 0 Å². The van der Waals surface area contributed by atoms with Crippen LogP contribution in [0.3, 0.4) is 0 Å². The Morgan fingerprint density at radius 3 is 2.43 bits per heavy atom. The van der Waals surface area contributed by atoms with Crippen molar-refractivity contribution in [2.24, 2.45) is 5.90 Å². The third kappa shape index (κ3) is 5.53. The molecule has 0 fully saturated rings. The summed E-state index contributed by atoms with van der Waals surface area (Å²) >= 11 is 6.22. The van der Waals surface area contributed by atoms with Gasteiger partial charge in [0, 0.05) is 16.1 Å². The third-order valence-corrected chi connectivity index (χ3v) is 3.11. The summed E-state index contributed by atoms with van der Waals surface area (Å²) in [5.41, 5.74) is 0.514. The van der Waals surface area contributed by atoms with Crippen molar-refractivity contribution in [3.8, 4) is 0 Å². The van der Waals surface area contributed by atoms with Gasteiger partial charge >= 0.3 is 6.09 Å². The SMILES string of the molecule is CC(C)(C)OC(=O)Nc1ccc(Cl)c(C(C)(C)CON)c1. The van der Waals surface area contributed by atoms with Crippen LogP contribution in [0.5, 0.6) is 0 Å². The van der Waals surface area contributed by atoms with Gasteiger partial charge in [-0.3, -0.25) is 5.32 Å². The molecule has 0 atom stereocenters. The molecule has 0 radical (unpaired) electrons. The van der Waals surface area contributed by atoms with Gasteiger partial charge in [-0.1, -0.05) is 25.4 Å². The van der Waals surface area contributed by atoms with Crippen molar-refractivity contribution < 1.29 is 14.4 Å². The first kappa shape index (κ1) is 17.8. The highest BCUT2D eigenvalue weighted by Gasteiger charge is 2.24. The molecule has 0 aliphatic carbocycles. The van der Waals surface area contributed by atoms with E-state index < -0.39 is 11.7 Å². The Balaban J connectivity index is 2.94. The second-order valence-corrected chi connectivity index (χ2v) is 6.92. The third-order valence-electron chi connectivity index (χ3n) is 2.78. The van der Waals surface area contributed by atoms with Crippen molar-refractivity contribution in [2.45, 2.75) is 45.6 Å². The van der Waals surface area contributed by atoms with Gasteiger partial charge in [0.15, 0.2) is 0 Å². The molecule has 1 aromatic carbocycles. The van der Waals surface area contributed by atoms with Crippen LogP contribution in [0.4, 0.5) is 10.5 Å². The summed E-state index contributed by atoms with van der Waals surface area (Å²) in [5.74, 6) is 5.16. The molecular formula is C15H23ClN2O3. The number of nitrogens with one attached hydrogen (secondary N) is 1. The molecule has 5 nitrogen and oxygen atoms in total. The zero-order valence-electron chi connectivity index (χ0n) is 13.1. The average Bonchev–Trinajstić information content (AvgIpc) is 2.28. The quantitative estimate of drug-likeness (QED) is 0.828. The fraction of sp³-hybridized carbons (Fsp3) is 0.533. The maximum atomic E-state index is 11.8. The summed E-state index contributed by atoms with van der Waals surface area (Å²) in [5, 5.41) is 3.28. The monoisotopic (exact) mass is 314 g/mol. The molecule has 0 unspecified atom stereocenters. The molecule has 21 heavy (non-hydrogen) atoms. The van der Waals surface area contributed by atoms with Crippen molar-refractivity contribution in [3.05, 3.63) is 28.8 Å². The van der Waals surface area contributed by atoms with E-state index in [0.717, 1.165) is 5.56 Å². The number of amides is 1. The standard InChI is InChI=1S/C15H23ClN2O3/c1-14(2,3)21-13(19)18-10-6-7-12(16)11(8-10)15(4,5)9-20-17/h6-8H,9,17H2,1-5H3,(H,18,19). The summed E-state index contributed by atoms with van der Waals surface area (Å²) in [4.78, 5) is 16.5. The van der Waals surface area contributed by atoms with Gasteiger partial charge in [0.2, 0.25) is 0 Å². The molecule has 0 aromatic heterocycles. The molecule has 0 saturated carbocycles. The first-order chi connectivity index (χ1) is 9.55. The predicted molar refractivity (Wildman–Crippen MR) is 84.5 cm³/mol. The summed E-state index contributed by atoms with van der Waals surface area (Å²) in [6, 6.07) is 5.24. The number of rotatable bonds is 4. The Hall–Kier alpha value is -1.30. The molecule has 3 N–H and O–H groups in total. The first-order valence-corrected chi connectivity index (χ1v) is 7.05. The molecule has 6 heteroatoms. The van der Waals surface area contributed by atoms with Gasteiger partial charge in [0.05, 0.1) is 6.61 Å². The molecular weight excluding hydrogens is 292 g/mol. The molecule has 0 spiro atoms. The van der Waals surface area contributed by atoms with Gasteiger partial charge in [-0.25, -0.2) is 10.7 Å². The smallest absolute Gasteiger partial charge is 0.412 e. The number of halogens is 1. The first-order valence-electron chi connectivity index (χ1n) is 6.67. The number of hydrogen-bond donors (Lipinski definition) is 2. The Bertz CT molecular complexity index is 510. The Kier molecular flexibility index (Phi) is 5.61. The molecule has 1 amide bonds. The molecule has 1 rings (SSSR count). The largest absolute Gasteiger partial charge is 0.444 e. The number of carbonyl (C=O) groups excluding carboxylic acids is 1. The molecule has 0 aliphatic rings. The topological polar surface area (TPSA) is 73.6 Å². The zero-order valence-corrected chi connectivity index (χ0v) is 13.9. The summed E-state index contributed by atoms with van der Waals surface area (Å²) < 4.78 is 5.22. The molecule has 0 aliphatic heterocycles. The molecule has 0 saturated heterocycles. The van der Waals surface area contributed by atoms with E-state index >= 15 is 0 Å². The highest BCUT2D eigenvalue weighted by Crippen LogP contribution is 2.32. The molecule has 0 bridgehead atoms. The van der Waals surface area contributed by atoms with Crippen molar-refractivity contribution in [1.29, 1.82) is 0 Å². The number of hydrogen-bond acceptors (Lipinski definition) is 4. The maximum absolute atomic E-state index is 11.8. The summed E-state index contributed by atoms with van der Waals surface area (Å²) in [6.45, 7) is 9.64. The molecule has 1 aromatic rings. The van der Waals surface area contributed by atoms with Gasteiger partial charge in [-0.05, 0) is 44.5 Å². The van der Waals surface area contributed by atoms with Crippen LogP contribution < -0.4 is 11.2 Å². The minimum atomic E-state index is -0.550. The van der Waals surface area contributed by atoms with E-state index in [1.807, 2.05) is 34.6 Å². The lowest BCUT2D eigenvalue weighted by molar-refractivity contribution is 0.0636. The number of carbonyl (C=O) groups is 1. The van der Waals surface area contributed by atoms with Crippen LogP contribution in [0.15, 0.2) is 18.2 Å². The van der Waals surface area contributed by atoms with E-state index in [1.165, 1.54) is 0 Å². The van der Waals surface area contributed by atoms with Gasteiger partial charge in [-0.2, -0.15) is 0 Å². The van der Waals surface area contributed by atoms with Crippen LogP contribution in [-0.2, 0) is 15.0 Å². The van der Waals surface area contributed by atoms with Gasteiger partial charge < -0.3 is 9.57 Å². The molecule has 0 heterocycles. The van der Waals surface area contributed by atoms with Crippen molar-refractivity contribution in [2.75, 3.05) is 11.9 Å². The van der Waals surface area contributed by atoms with Crippen molar-refractivity contribution >= 4 is 23.4 Å². The van der Waals surface area contributed by atoms with E-state index in [1.54, 1.807) is 18.2 Å². The maximum Gasteiger partial charge on any atom is 0.412 e. The van der Waals surface area contributed by atoms with Crippen LogP contribution in [0.25, 0.3) is 0 Å². The van der Waals surface area contributed by atoms with E-state index in [2.05, 4.69) is 5.32 Å². The Labute approximate surface area is 130 Å². The van der Waals surface area contributed by atoms with E-state index in [-0.39, 0.29) is 5.41 Å². The van der Waals surface area contributed by atoms with Crippen LogP contribution in [0.1, 0.15) is 40.2 Å². The van der Waals surface area contributed by atoms with Gasteiger partial charge in [-0.15, -0.1) is 0 Å². The zero-order chi connectivity index (χ0) is 16.3. The molecule has 118 valence electrons. The van der Waals surface area contributed by atoms with Crippen molar-refractivity contribution in [1.82, 2.24) is 0 Å². The van der Waals surface area contributed by atoms with E-state index in [0.29, 0.717) is 17.3 Å². The summed E-state index contributed by atoms with van der Waals surface area (Å²) in [6.07, 6.45) is -0.511. The Morgan fingerprint density at radius 1 is 1.29 bits per heavy atom. The fourth-order valence-electron chi connectivity index (χ4n) is 1.83. The lowest BCUT2D eigenvalue weighted by atomic mass is 9.85. The van der Waals surface area contributed by atoms with Crippen LogP contribution >= 0.6 is 11.6 Å². The lowest BCUT2D eigenvalue weighted by Crippen LogP contribution is -2.28. The normalized spacial score (nSPS) is 12.1. The highest BCUT2D eigenvalue weighted by atomic mass is 35.5. The van der Waals surface area contributed by atoms with Gasteiger partial charge in [0.1, 0.15) is 5.60 Å². The minimum Gasteiger partial charge on any atom is -0.444 e. The minimum absolute atomic E-state index is 0.308. The van der Waals surface area contributed by atoms with E-state index in [9.17, 15) is 4.79 Å². The van der Waals surface area contributed by atoms with Crippen LogP contribution in [-0.4, -0.2) is 18.3 Å². The van der Waals surface area contributed by atoms with Gasteiger partial charge in [0.25, 0.3) is 0 Å². The number of nitrogens with two attached hydrogens (primary N) is 1. The summed E-state index contributed by atoms with van der Waals surface area (Å²) in [7, 11) is 0. The second-order valence-electron chi connectivity index (χ2n) is 6.52. The average molecular weight is 315 g/mol. The fourth-order valence-corrected chi connectivity index (χ4v) is 2.20. The Morgan fingerprint density at radius 2 is 1.90 bits per heavy atom. The second kappa shape index (κ2) is 6.64. The predicted octanol–water partition coefficient (Wildman–Crippen LogP) is 3.85. The number of anilines is 1. The van der Waals surface area contributed by atoms with Crippen LogP contribution in [0.2, 0.25) is 5.02 Å². The lowest BCUT2D eigenvalue weighted by Gasteiger charge is -2.26.